The zero-order valence-electron chi connectivity index (χ0n) is 4.97. The van der Waals surface area contributed by atoms with Gasteiger partial charge in [0.25, 0.3) is 0 Å². The number of nitrogens with zero attached hydrogens (tertiary/aromatic N) is 3. The van der Waals surface area contributed by atoms with E-state index in [1.165, 1.54) is 6.19 Å². The molecular weight excluding hydrogens is 136 g/mol. The quantitative estimate of drug-likeness (QED) is 0.153. The van der Waals surface area contributed by atoms with Crippen LogP contribution in [0.4, 0.5) is 0 Å². The Morgan fingerprint density at radius 3 is 2.40 bits per heavy atom. The van der Waals surface area contributed by atoms with E-state index in [1.807, 2.05) is 0 Å². The Hall–Kier alpha value is -1.32. The molecule has 0 spiro atoms. The smallest absolute Gasteiger partial charge is 0.211 e. The minimum absolute atomic E-state index is 0.164. The van der Waals surface area contributed by atoms with Gasteiger partial charge in [0.1, 0.15) is 0 Å². The maximum Gasteiger partial charge on any atom is 0.211 e. The lowest BCUT2D eigenvalue weighted by Gasteiger charge is -1.95. The molecule has 2 atom stereocenters. The molecule has 0 bridgehead atoms. The molecule has 0 aromatic rings. The van der Waals surface area contributed by atoms with Crippen LogP contribution in [0, 0.1) is 11.5 Å². The molecule has 0 aromatic heterocycles. The number of rotatable bonds is 0. The van der Waals surface area contributed by atoms with Gasteiger partial charge in [-0.1, -0.05) is 0 Å². The number of aliphatic imine (C=N–C) groups is 1. The SMILES string of the molecule is N#CN=C(N)N1C(O)C1O. The van der Waals surface area contributed by atoms with Crippen LogP contribution in [0.2, 0.25) is 0 Å². The molecule has 1 aliphatic heterocycles. The van der Waals surface area contributed by atoms with Crippen molar-refractivity contribution >= 4 is 5.96 Å². The van der Waals surface area contributed by atoms with E-state index >= 15 is 0 Å². The highest BCUT2D eigenvalue weighted by Gasteiger charge is 2.47. The molecule has 1 heterocycles. The van der Waals surface area contributed by atoms with Gasteiger partial charge < -0.3 is 15.9 Å². The van der Waals surface area contributed by atoms with Crippen molar-refractivity contribution in [1.29, 1.82) is 5.26 Å². The summed E-state index contributed by atoms with van der Waals surface area (Å²) >= 11 is 0. The molecule has 10 heavy (non-hydrogen) atoms. The van der Waals surface area contributed by atoms with Crippen molar-refractivity contribution in [2.75, 3.05) is 0 Å². The van der Waals surface area contributed by atoms with Gasteiger partial charge in [0.05, 0.1) is 0 Å². The third-order valence-corrected chi connectivity index (χ3v) is 1.18. The van der Waals surface area contributed by atoms with Crippen LogP contribution in [0.1, 0.15) is 0 Å². The van der Waals surface area contributed by atoms with E-state index in [1.54, 1.807) is 0 Å². The van der Waals surface area contributed by atoms with Gasteiger partial charge in [-0.3, -0.25) is 4.90 Å². The Morgan fingerprint density at radius 1 is 1.60 bits per heavy atom. The lowest BCUT2D eigenvalue weighted by atomic mass is 10.8. The number of aliphatic hydroxyl groups excluding tert-OH is 2. The van der Waals surface area contributed by atoms with E-state index < -0.39 is 12.5 Å². The average Bonchev–Trinajstić information content (AvgIpc) is 2.42. The number of guanidine groups is 1. The Balaban J connectivity index is 2.55. The lowest BCUT2D eigenvalue weighted by molar-refractivity contribution is 0.180. The number of hydrogen-bond acceptors (Lipinski definition) is 4. The first-order valence-corrected chi connectivity index (χ1v) is 2.55. The summed E-state index contributed by atoms with van der Waals surface area (Å²) in [6.07, 6.45) is -0.576. The average molecular weight is 142 g/mol. The van der Waals surface area contributed by atoms with Gasteiger partial charge in [-0.25, -0.2) is 0 Å². The van der Waals surface area contributed by atoms with Crippen LogP contribution >= 0.6 is 0 Å². The Kier molecular flexibility index (Phi) is 1.45. The van der Waals surface area contributed by atoms with Crippen molar-refractivity contribution in [3.63, 3.8) is 0 Å². The van der Waals surface area contributed by atoms with Crippen molar-refractivity contribution < 1.29 is 10.2 Å². The Morgan fingerprint density at radius 2 is 2.10 bits per heavy atom. The summed E-state index contributed by atoms with van der Waals surface area (Å²) in [7, 11) is 0. The molecular formula is C4H6N4O2. The third kappa shape index (κ3) is 0.877. The Bertz CT molecular complexity index is 200. The van der Waals surface area contributed by atoms with Gasteiger partial charge >= 0.3 is 0 Å². The molecule has 1 fully saturated rings. The first kappa shape index (κ1) is 6.80. The van der Waals surface area contributed by atoms with E-state index in [4.69, 9.17) is 21.2 Å². The molecule has 0 aliphatic carbocycles. The summed E-state index contributed by atoms with van der Waals surface area (Å²) in [5.74, 6) is -0.164. The predicted octanol–water partition coefficient (Wildman–Crippen LogP) is -2.27. The van der Waals surface area contributed by atoms with Crippen LogP contribution in [0.25, 0.3) is 0 Å². The van der Waals surface area contributed by atoms with Crippen molar-refractivity contribution in [1.82, 2.24) is 4.90 Å². The van der Waals surface area contributed by atoms with E-state index in [9.17, 15) is 0 Å². The van der Waals surface area contributed by atoms with Gasteiger partial charge in [-0.05, 0) is 0 Å². The predicted molar refractivity (Wildman–Crippen MR) is 31.1 cm³/mol. The lowest BCUT2D eigenvalue weighted by Crippen LogP contribution is -2.24. The molecule has 0 radical (unpaired) electrons. The van der Waals surface area contributed by atoms with Crippen LogP contribution in [0.15, 0.2) is 4.99 Å². The van der Waals surface area contributed by atoms with E-state index in [0.29, 0.717) is 0 Å². The summed E-state index contributed by atoms with van der Waals surface area (Å²) in [4.78, 5) is 4.10. The van der Waals surface area contributed by atoms with Crippen LogP contribution in [-0.2, 0) is 0 Å². The van der Waals surface area contributed by atoms with Gasteiger partial charge in [-0.15, -0.1) is 4.99 Å². The normalized spacial score (nSPS) is 31.7. The van der Waals surface area contributed by atoms with Crippen molar-refractivity contribution in [2.45, 2.75) is 12.5 Å². The minimum Gasteiger partial charge on any atom is -0.369 e. The maximum absolute atomic E-state index is 8.70. The number of nitrogens with two attached hydrogens (primary N) is 1. The van der Waals surface area contributed by atoms with Gasteiger partial charge in [0, 0.05) is 0 Å². The van der Waals surface area contributed by atoms with Gasteiger partial charge in [0.15, 0.2) is 12.5 Å². The highest BCUT2D eigenvalue weighted by molar-refractivity contribution is 5.81. The van der Waals surface area contributed by atoms with Crippen LogP contribution in [0.5, 0.6) is 0 Å². The van der Waals surface area contributed by atoms with Gasteiger partial charge in [0.2, 0.25) is 12.2 Å². The molecule has 6 heteroatoms. The van der Waals surface area contributed by atoms with Crippen LogP contribution in [0.3, 0.4) is 0 Å². The van der Waals surface area contributed by atoms with Crippen LogP contribution < -0.4 is 5.73 Å². The molecule has 1 saturated heterocycles. The topological polar surface area (TPSA) is 106 Å². The number of hydrogen-bond donors (Lipinski definition) is 3. The molecule has 54 valence electrons. The first-order chi connectivity index (χ1) is 4.68. The third-order valence-electron chi connectivity index (χ3n) is 1.18. The molecule has 0 amide bonds. The molecule has 4 N–H and O–H groups in total. The minimum atomic E-state index is -1.00. The van der Waals surface area contributed by atoms with Crippen molar-refractivity contribution in [3.8, 4) is 6.19 Å². The maximum atomic E-state index is 8.70. The summed E-state index contributed by atoms with van der Waals surface area (Å²) < 4.78 is 0. The van der Waals surface area contributed by atoms with Gasteiger partial charge in [-0.2, -0.15) is 5.26 Å². The molecule has 1 rings (SSSR count). The van der Waals surface area contributed by atoms with E-state index in [-0.39, 0.29) is 5.96 Å². The molecule has 0 aromatic carbocycles. The summed E-state index contributed by atoms with van der Waals surface area (Å²) in [6, 6.07) is 0. The highest BCUT2D eigenvalue weighted by Crippen LogP contribution is 2.21. The zero-order chi connectivity index (χ0) is 7.72. The fraction of sp³-hybridized carbons (Fsp3) is 0.500. The summed E-state index contributed by atoms with van der Waals surface area (Å²) in [5, 5.41) is 25.4. The first-order valence-electron chi connectivity index (χ1n) is 2.55. The van der Waals surface area contributed by atoms with Crippen LogP contribution in [-0.4, -0.2) is 33.5 Å². The number of nitriles is 1. The zero-order valence-corrected chi connectivity index (χ0v) is 4.97. The van der Waals surface area contributed by atoms with Crippen molar-refractivity contribution in [3.05, 3.63) is 0 Å². The molecule has 2 unspecified atom stereocenters. The summed E-state index contributed by atoms with van der Waals surface area (Å²) in [6.45, 7) is 0. The summed E-state index contributed by atoms with van der Waals surface area (Å²) in [5.41, 5.74) is 5.10. The fourth-order valence-electron chi connectivity index (χ4n) is 0.587. The van der Waals surface area contributed by atoms with E-state index in [0.717, 1.165) is 4.90 Å². The monoisotopic (exact) mass is 142 g/mol. The van der Waals surface area contributed by atoms with E-state index in [2.05, 4.69) is 4.99 Å². The largest absolute Gasteiger partial charge is 0.369 e. The van der Waals surface area contributed by atoms with Crippen molar-refractivity contribution in [2.24, 2.45) is 10.7 Å². The number of aliphatic hydroxyl groups is 2. The highest BCUT2D eigenvalue weighted by atomic mass is 16.4. The standard InChI is InChI=1S/C4H6N4O2/c5-1-7-4(6)8-2(9)3(8)10/h2-3,9-10H,(H2,6,7). The fourth-order valence-corrected chi connectivity index (χ4v) is 0.587. The molecule has 0 saturated carbocycles. The molecule has 1 aliphatic rings. The molecule has 6 nitrogen and oxygen atoms in total. The second-order valence-electron chi connectivity index (χ2n) is 1.80. The Labute approximate surface area is 56.8 Å². The second kappa shape index (κ2) is 2.13. The second-order valence-corrected chi connectivity index (χ2v) is 1.80.